The van der Waals surface area contributed by atoms with E-state index in [1.165, 1.54) is 0 Å². The van der Waals surface area contributed by atoms with Crippen LogP contribution in [0.5, 0.6) is 0 Å². The summed E-state index contributed by atoms with van der Waals surface area (Å²) in [6.45, 7) is 1.63. The standard InChI is InChI=1S/C5H11IN2O/c1-8(2)4-3-7-5(6)9/h3-4H2,1-2H3,(H,7,9). The summed E-state index contributed by atoms with van der Waals surface area (Å²) in [5, 5.41) is 2.68. The van der Waals surface area contributed by atoms with Crippen LogP contribution in [0.15, 0.2) is 0 Å². The fraction of sp³-hybridized carbons (Fsp3) is 0.800. The number of hydrogen-bond donors (Lipinski definition) is 1. The molecule has 0 aromatic rings. The molecular formula is C5H11IN2O. The first-order chi connectivity index (χ1) is 4.13. The van der Waals surface area contributed by atoms with Crippen LogP contribution in [0.2, 0.25) is 0 Å². The van der Waals surface area contributed by atoms with Gasteiger partial charge in [0.1, 0.15) is 0 Å². The summed E-state index contributed by atoms with van der Waals surface area (Å²) in [6.07, 6.45) is 0. The molecule has 0 saturated carbocycles. The van der Waals surface area contributed by atoms with Crippen LogP contribution in [0.4, 0.5) is 4.79 Å². The lowest BCUT2D eigenvalue weighted by molar-refractivity contribution is 0.261. The van der Waals surface area contributed by atoms with Gasteiger partial charge in [-0.3, -0.25) is 4.79 Å². The molecule has 0 atom stereocenters. The van der Waals surface area contributed by atoms with Crippen LogP contribution in [0.25, 0.3) is 0 Å². The lowest BCUT2D eigenvalue weighted by Crippen LogP contribution is -2.27. The quantitative estimate of drug-likeness (QED) is 0.448. The van der Waals surface area contributed by atoms with Gasteiger partial charge in [0.15, 0.2) is 0 Å². The van der Waals surface area contributed by atoms with Gasteiger partial charge in [0, 0.05) is 35.7 Å². The Bertz CT molecular complexity index is 95.0. The molecule has 0 aromatic heterocycles. The molecule has 0 aliphatic carbocycles. The Hall–Kier alpha value is 0.160. The second-order valence-corrected chi connectivity index (χ2v) is 2.98. The third-order valence-corrected chi connectivity index (χ3v) is 1.20. The minimum Gasteiger partial charge on any atom is -0.346 e. The number of hydrogen-bond acceptors (Lipinski definition) is 2. The van der Waals surface area contributed by atoms with Crippen molar-refractivity contribution in [3.63, 3.8) is 0 Å². The van der Waals surface area contributed by atoms with E-state index in [1.54, 1.807) is 22.6 Å². The van der Waals surface area contributed by atoms with E-state index in [0.29, 0.717) is 0 Å². The molecule has 0 unspecified atom stereocenters. The molecule has 0 saturated heterocycles. The van der Waals surface area contributed by atoms with Gasteiger partial charge in [-0.1, -0.05) is 0 Å². The van der Waals surface area contributed by atoms with Gasteiger partial charge in [0.25, 0.3) is 3.91 Å². The Labute approximate surface area is 68.9 Å². The van der Waals surface area contributed by atoms with Crippen molar-refractivity contribution in [2.24, 2.45) is 0 Å². The fourth-order valence-corrected chi connectivity index (χ4v) is 0.647. The number of amides is 1. The molecule has 1 amide bonds. The van der Waals surface area contributed by atoms with Crippen LogP contribution in [-0.2, 0) is 0 Å². The molecule has 0 aromatic carbocycles. The highest BCUT2D eigenvalue weighted by molar-refractivity contribution is 14.1. The highest BCUT2D eigenvalue weighted by atomic mass is 127. The average molecular weight is 242 g/mol. The summed E-state index contributed by atoms with van der Waals surface area (Å²) in [7, 11) is 3.94. The molecule has 0 spiro atoms. The van der Waals surface area contributed by atoms with E-state index in [-0.39, 0.29) is 3.91 Å². The van der Waals surface area contributed by atoms with Gasteiger partial charge in [-0.15, -0.1) is 0 Å². The van der Waals surface area contributed by atoms with E-state index >= 15 is 0 Å². The molecule has 0 heterocycles. The predicted molar refractivity (Wildman–Crippen MR) is 46.0 cm³/mol. The predicted octanol–water partition coefficient (Wildman–Crippen LogP) is 0.693. The summed E-state index contributed by atoms with van der Waals surface area (Å²) in [4.78, 5) is 12.3. The molecule has 0 radical (unpaired) electrons. The zero-order chi connectivity index (χ0) is 7.28. The van der Waals surface area contributed by atoms with Gasteiger partial charge in [0.05, 0.1) is 0 Å². The van der Waals surface area contributed by atoms with E-state index in [0.717, 1.165) is 13.1 Å². The molecular weight excluding hydrogens is 231 g/mol. The SMILES string of the molecule is CN(C)CCNC(=O)I. The molecule has 9 heavy (non-hydrogen) atoms. The zero-order valence-corrected chi connectivity index (χ0v) is 7.81. The van der Waals surface area contributed by atoms with Crippen LogP contribution in [-0.4, -0.2) is 36.0 Å². The number of halogens is 1. The maximum Gasteiger partial charge on any atom is 0.280 e. The smallest absolute Gasteiger partial charge is 0.280 e. The molecule has 54 valence electrons. The summed E-state index contributed by atoms with van der Waals surface area (Å²) in [5.74, 6) is 0. The van der Waals surface area contributed by atoms with Gasteiger partial charge < -0.3 is 10.2 Å². The van der Waals surface area contributed by atoms with Gasteiger partial charge in [0.2, 0.25) is 0 Å². The van der Waals surface area contributed by atoms with Crippen LogP contribution in [0.1, 0.15) is 0 Å². The zero-order valence-electron chi connectivity index (χ0n) is 5.65. The Morgan fingerprint density at radius 2 is 2.22 bits per heavy atom. The molecule has 0 aliphatic rings. The van der Waals surface area contributed by atoms with Crippen molar-refractivity contribution in [3.8, 4) is 0 Å². The summed E-state index contributed by atoms with van der Waals surface area (Å²) in [6, 6.07) is 0. The van der Waals surface area contributed by atoms with E-state index in [9.17, 15) is 4.79 Å². The van der Waals surface area contributed by atoms with Gasteiger partial charge in [-0.25, -0.2) is 0 Å². The van der Waals surface area contributed by atoms with Gasteiger partial charge >= 0.3 is 0 Å². The summed E-state index contributed by atoms with van der Waals surface area (Å²) in [5.41, 5.74) is 0. The van der Waals surface area contributed by atoms with Crippen molar-refractivity contribution < 1.29 is 4.79 Å². The van der Waals surface area contributed by atoms with E-state index < -0.39 is 0 Å². The Morgan fingerprint density at radius 3 is 2.56 bits per heavy atom. The third kappa shape index (κ3) is 8.16. The van der Waals surface area contributed by atoms with Crippen molar-refractivity contribution in [3.05, 3.63) is 0 Å². The largest absolute Gasteiger partial charge is 0.346 e. The topological polar surface area (TPSA) is 32.3 Å². The normalized spacial score (nSPS) is 9.78. The minimum absolute atomic E-state index is 0.00875. The number of carbonyl (C=O) groups excluding carboxylic acids is 1. The van der Waals surface area contributed by atoms with Crippen LogP contribution in [0.3, 0.4) is 0 Å². The molecule has 0 rings (SSSR count). The Kier molecular flexibility index (Phi) is 5.07. The van der Waals surface area contributed by atoms with E-state index in [1.807, 2.05) is 19.0 Å². The van der Waals surface area contributed by atoms with Crippen molar-refractivity contribution in [1.82, 2.24) is 10.2 Å². The number of nitrogens with one attached hydrogen (secondary N) is 1. The monoisotopic (exact) mass is 242 g/mol. The molecule has 0 fully saturated rings. The lowest BCUT2D eigenvalue weighted by atomic mass is 10.6. The Balaban J connectivity index is 3.01. The number of nitrogens with zero attached hydrogens (tertiary/aromatic N) is 1. The van der Waals surface area contributed by atoms with Crippen LogP contribution >= 0.6 is 22.6 Å². The fourth-order valence-electron chi connectivity index (χ4n) is 0.378. The second-order valence-electron chi connectivity index (χ2n) is 2.00. The first-order valence-electron chi connectivity index (χ1n) is 2.71. The van der Waals surface area contributed by atoms with Gasteiger partial charge in [-0.05, 0) is 14.1 Å². The summed E-state index contributed by atoms with van der Waals surface area (Å²) >= 11 is 1.72. The minimum atomic E-state index is 0.00875. The highest BCUT2D eigenvalue weighted by Gasteiger charge is 1.91. The lowest BCUT2D eigenvalue weighted by Gasteiger charge is -2.07. The van der Waals surface area contributed by atoms with Crippen molar-refractivity contribution in [2.75, 3.05) is 27.2 Å². The van der Waals surface area contributed by atoms with Gasteiger partial charge in [-0.2, -0.15) is 0 Å². The van der Waals surface area contributed by atoms with Crippen molar-refractivity contribution in [1.29, 1.82) is 0 Å². The van der Waals surface area contributed by atoms with Crippen LogP contribution < -0.4 is 5.32 Å². The van der Waals surface area contributed by atoms with Crippen molar-refractivity contribution in [2.45, 2.75) is 0 Å². The molecule has 1 N–H and O–H groups in total. The molecule has 0 bridgehead atoms. The number of rotatable bonds is 3. The molecule has 4 heteroatoms. The number of carbonyl (C=O) groups is 1. The second kappa shape index (κ2) is 4.99. The Morgan fingerprint density at radius 1 is 1.67 bits per heavy atom. The molecule has 3 nitrogen and oxygen atoms in total. The maximum atomic E-state index is 10.3. The first kappa shape index (κ1) is 9.16. The highest BCUT2D eigenvalue weighted by Crippen LogP contribution is 1.81. The average Bonchev–Trinajstić information content (AvgIpc) is 1.63. The number of likely N-dealkylation sites (N-methyl/N-ethyl adjacent to an activating group) is 1. The van der Waals surface area contributed by atoms with E-state index in [4.69, 9.17) is 0 Å². The molecule has 0 aliphatic heterocycles. The van der Waals surface area contributed by atoms with E-state index in [2.05, 4.69) is 5.32 Å². The summed E-state index contributed by atoms with van der Waals surface area (Å²) < 4.78 is 0.00875. The maximum absolute atomic E-state index is 10.3. The van der Waals surface area contributed by atoms with Crippen LogP contribution in [0, 0.1) is 0 Å². The third-order valence-electron chi connectivity index (χ3n) is 0.823. The first-order valence-corrected chi connectivity index (χ1v) is 3.79. The van der Waals surface area contributed by atoms with Crippen molar-refractivity contribution >= 4 is 26.5 Å².